The van der Waals surface area contributed by atoms with Crippen LogP contribution in [0, 0.1) is 30.6 Å². The third-order valence-electron chi connectivity index (χ3n) is 9.77. The Kier molecular flexibility index (Phi) is 9.22. The number of hydrogen-bond acceptors (Lipinski definition) is 10. The summed E-state index contributed by atoms with van der Waals surface area (Å²) in [5.41, 5.74) is 0.993. The van der Waals surface area contributed by atoms with Gasteiger partial charge in [-0.3, -0.25) is 4.79 Å². The van der Waals surface area contributed by atoms with Gasteiger partial charge in [0.2, 0.25) is 11.7 Å². The van der Waals surface area contributed by atoms with Gasteiger partial charge < -0.3 is 33.6 Å². The average Bonchev–Trinajstić information content (AvgIpc) is 3.27. The van der Waals surface area contributed by atoms with E-state index >= 15 is 0 Å². The molecule has 2 aromatic rings. The number of nitrogens with one attached hydrogen (secondary N) is 1. The van der Waals surface area contributed by atoms with Crippen LogP contribution in [-0.4, -0.2) is 65.2 Å². The number of aryl methyl sites for hydroxylation is 1. The topological polar surface area (TPSA) is 129 Å². The second kappa shape index (κ2) is 13.0. The molecule has 5 aliphatic rings. The molecule has 246 valence electrons. The van der Waals surface area contributed by atoms with E-state index < -0.39 is 29.9 Å². The van der Waals surface area contributed by atoms with E-state index in [2.05, 4.69) is 24.1 Å². The summed E-state index contributed by atoms with van der Waals surface area (Å²) in [5, 5.41) is 2.86. The highest BCUT2D eigenvalue weighted by atomic mass is 17.3. The van der Waals surface area contributed by atoms with Gasteiger partial charge in [-0.05, 0) is 64.0 Å². The van der Waals surface area contributed by atoms with E-state index in [1.165, 1.54) is 0 Å². The van der Waals surface area contributed by atoms with Gasteiger partial charge in [-0.1, -0.05) is 13.8 Å². The van der Waals surface area contributed by atoms with E-state index in [9.17, 15) is 9.59 Å². The minimum Gasteiger partial charge on any atom is -0.493 e. The molecule has 0 radical (unpaired) electrons. The van der Waals surface area contributed by atoms with Crippen LogP contribution >= 0.6 is 0 Å². The van der Waals surface area contributed by atoms with Crippen molar-refractivity contribution < 1.29 is 43.0 Å². The molecule has 1 aromatic carbocycles. The lowest BCUT2D eigenvalue weighted by molar-refractivity contribution is -0.577. The standard InChI is InChI=1S/C33H45N3O9/c1-6-39-29(38)24-10-9-23(35-28(37)18-36-17-21(3)34-19-36)16-27(24)40-14-7-15-41-30-22(4)26-11-8-20(2)25-12-13-32(5)43-31(42-30)33(25,26)45-44-32/h9-10,16-17,19-20,22,25-26,30-31H,6-8,11-15,18H2,1-5H3,(H,35,37)/t20-,22-,25?,26+,30+,31-,32-,33-/m1/s1. The molecule has 1 N–H and O–H groups in total. The lowest BCUT2D eigenvalue weighted by atomic mass is 9.58. The van der Waals surface area contributed by atoms with Crippen molar-refractivity contribution in [3.8, 4) is 5.75 Å². The summed E-state index contributed by atoms with van der Waals surface area (Å²) in [7, 11) is 0. The van der Waals surface area contributed by atoms with Crippen molar-refractivity contribution in [2.24, 2.45) is 23.7 Å². The van der Waals surface area contributed by atoms with Crippen LogP contribution in [0.25, 0.3) is 0 Å². The van der Waals surface area contributed by atoms with Crippen LogP contribution in [0.3, 0.4) is 0 Å². The Bertz CT molecular complexity index is 1380. The molecule has 4 aliphatic heterocycles. The minimum atomic E-state index is -0.834. The minimum absolute atomic E-state index is 0.0776. The van der Waals surface area contributed by atoms with Gasteiger partial charge in [-0.25, -0.2) is 19.6 Å². The number of carbonyl (C=O) groups excluding carboxylic acids is 2. The zero-order valence-corrected chi connectivity index (χ0v) is 26.8. The van der Waals surface area contributed by atoms with Gasteiger partial charge in [0.25, 0.3) is 0 Å². The van der Waals surface area contributed by atoms with Gasteiger partial charge in [0.05, 0.1) is 31.8 Å². The maximum atomic E-state index is 12.6. The summed E-state index contributed by atoms with van der Waals surface area (Å²) in [6.45, 7) is 11.0. The molecule has 2 bridgehead atoms. The summed E-state index contributed by atoms with van der Waals surface area (Å²) >= 11 is 0. The Hall–Kier alpha value is -3.03. The van der Waals surface area contributed by atoms with Crippen LogP contribution in [0.15, 0.2) is 30.7 Å². The molecule has 7 rings (SSSR count). The summed E-state index contributed by atoms with van der Waals surface area (Å²) in [5.74, 6) is -0.177. The Morgan fingerprint density at radius 1 is 1.13 bits per heavy atom. The zero-order chi connectivity index (χ0) is 31.8. The molecule has 45 heavy (non-hydrogen) atoms. The Balaban J connectivity index is 1.06. The molecule has 4 saturated heterocycles. The first kappa shape index (κ1) is 31.9. The third-order valence-corrected chi connectivity index (χ3v) is 9.77. The predicted octanol–water partition coefficient (Wildman–Crippen LogP) is 5.00. The van der Waals surface area contributed by atoms with Gasteiger partial charge in [0, 0.05) is 42.6 Å². The average molecular weight is 628 g/mol. The first-order valence-electron chi connectivity index (χ1n) is 16.2. The maximum absolute atomic E-state index is 12.6. The monoisotopic (exact) mass is 627 g/mol. The Morgan fingerprint density at radius 2 is 1.98 bits per heavy atom. The number of anilines is 1. The van der Waals surface area contributed by atoms with Crippen LogP contribution < -0.4 is 10.1 Å². The molecule has 1 aromatic heterocycles. The van der Waals surface area contributed by atoms with Gasteiger partial charge in [0.15, 0.2) is 18.2 Å². The summed E-state index contributed by atoms with van der Waals surface area (Å²) < 4.78 is 32.2. The van der Waals surface area contributed by atoms with Gasteiger partial charge in [-0.15, -0.1) is 0 Å². The molecule has 1 spiro atoms. The number of imidazole rings is 1. The lowest BCUT2D eigenvalue weighted by Crippen LogP contribution is -2.70. The molecule has 1 unspecified atom stereocenters. The van der Waals surface area contributed by atoms with Crippen molar-refractivity contribution in [3.63, 3.8) is 0 Å². The molecule has 12 nitrogen and oxygen atoms in total. The molecule has 1 saturated carbocycles. The molecule has 8 atom stereocenters. The first-order valence-corrected chi connectivity index (χ1v) is 16.2. The molecule has 1 aliphatic carbocycles. The predicted molar refractivity (Wildman–Crippen MR) is 161 cm³/mol. The normalized spacial score (nSPS) is 33.6. The maximum Gasteiger partial charge on any atom is 0.341 e. The number of amides is 1. The zero-order valence-electron chi connectivity index (χ0n) is 26.8. The molecule has 1 amide bonds. The number of nitrogens with zero attached hydrogens (tertiary/aromatic N) is 2. The number of carbonyl (C=O) groups is 2. The van der Waals surface area contributed by atoms with Crippen molar-refractivity contribution >= 4 is 17.6 Å². The molecule has 12 heteroatoms. The lowest BCUT2D eigenvalue weighted by Gasteiger charge is -2.60. The number of benzene rings is 1. The van der Waals surface area contributed by atoms with E-state index in [1.54, 1.807) is 42.2 Å². The van der Waals surface area contributed by atoms with E-state index in [0.717, 1.165) is 31.4 Å². The largest absolute Gasteiger partial charge is 0.493 e. The van der Waals surface area contributed by atoms with E-state index in [-0.39, 0.29) is 43.1 Å². The summed E-state index contributed by atoms with van der Waals surface area (Å²) in [6, 6.07) is 4.89. The van der Waals surface area contributed by atoms with Crippen LogP contribution in [0.5, 0.6) is 5.75 Å². The van der Waals surface area contributed by atoms with E-state index in [0.29, 0.717) is 36.3 Å². The number of rotatable bonds is 11. The van der Waals surface area contributed by atoms with Crippen molar-refractivity contribution in [1.29, 1.82) is 0 Å². The first-order chi connectivity index (χ1) is 21.6. The molecular weight excluding hydrogens is 582 g/mol. The van der Waals surface area contributed by atoms with Crippen LogP contribution in [0.1, 0.15) is 75.9 Å². The number of hydrogen-bond donors (Lipinski definition) is 1. The number of esters is 1. The van der Waals surface area contributed by atoms with Gasteiger partial charge in [0.1, 0.15) is 17.9 Å². The fourth-order valence-electron chi connectivity index (χ4n) is 7.52. The fourth-order valence-corrected chi connectivity index (χ4v) is 7.52. The SMILES string of the molecule is CCOC(=O)c1ccc(NC(=O)Cn2cnc(C)c2)cc1OCCCO[C@H]1O[C@@H]2O[C@@]3(C)CCC4[C@H](C)CC[C@@H]([C@H]1C)[C@]42OO3. The summed E-state index contributed by atoms with van der Waals surface area (Å²) in [6.07, 6.45) is 6.79. The third kappa shape index (κ3) is 6.35. The fraction of sp³-hybridized carbons (Fsp3) is 0.667. The Labute approximate surface area is 263 Å². The van der Waals surface area contributed by atoms with Crippen LogP contribution in [0.4, 0.5) is 5.69 Å². The highest BCUT2D eigenvalue weighted by molar-refractivity contribution is 5.95. The van der Waals surface area contributed by atoms with Crippen molar-refractivity contribution in [2.75, 3.05) is 25.1 Å². The number of ether oxygens (including phenoxy) is 5. The number of fused-ring (bicyclic) bond motifs is 2. The molecular formula is C33H45N3O9. The summed E-state index contributed by atoms with van der Waals surface area (Å²) in [4.78, 5) is 41.5. The van der Waals surface area contributed by atoms with Crippen molar-refractivity contribution in [1.82, 2.24) is 9.55 Å². The van der Waals surface area contributed by atoms with E-state index in [4.69, 9.17) is 33.5 Å². The molecule has 5 fully saturated rings. The van der Waals surface area contributed by atoms with Gasteiger partial charge >= 0.3 is 5.97 Å². The smallest absolute Gasteiger partial charge is 0.341 e. The van der Waals surface area contributed by atoms with Crippen molar-refractivity contribution in [3.05, 3.63) is 42.0 Å². The highest BCUT2D eigenvalue weighted by Crippen LogP contribution is 2.60. The van der Waals surface area contributed by atoms with Gasteiger partial charge in [-0.2, -0.15) is 0 Å². The Morgan fingerprint density at radius 3 is 2.76 bits per heavy atom. The second-order valence-electron chi connectivity index (χ2n) is 13.0. The quantitative estimate of drug-likeness (QED) is 0.206. The van der Waals surface area contributed by atoms with Crippen molar-refractivity contribution in [2.45, 2.75) is 97.2 Å². The molecule has 5 heterocycles. The highest BCUT2D eigenvalue weighted by Gasteiger charge is 2.69. The number of aromatic nitrogens is 2. The van der Waals surface area contributed by atoms with E-state index in [1.807, 2.05) is 13.8 Å². The van der Waals surface area contributed by atoms with Crippen LogP contribution in [0.2, 0.25) is 0 Å². The van der Waals surface area contributed by atoms with Crippen LogP contribution in [-0.2, 0) is 40.1 Å². The second-order valence-corrected chi connectivity index (χ2v) is 13.0.